The Morgan fingerprint density at radius 2 is 1.76 bits per heavy atom. The van der Waals surface area contributed by atoms with Gasteiger partial charge in [-0.1, -0.05) is 6.07 Å². The molecule has 1 aliphatic rings. The number of carbonyl (C=O) groups excluding carboxylic acids is 2. The predicted molar refractivity (Wildman–Crippen MR) is 117 cm³/mol. The Labute approximate surface area is 191 Å². The number of likely N-dealkylation sites (tertiary alicyclic amines) is 1. The van der Waals surface area contributed by atoms with Crippen LogP contribution in [0.3, 0.4) is 0 Å². The van der Waals surface area contributed by atoms with Crippen LogP contribution in [0.5, 0.6) is 11.5 Å². The lowest BCUT2D eigenvalue weighted by molar-refractivity contribution is -0.384. The number of benzene rings is 2. The van der Waals surface area contributed by atoms with Crippen molar-refractivity contribution in [1.82, 2.24) is 4.90 Å². The van der Waals surface area contributed by atoms with E-state index in [2.05, 4.69) is 0 Å². The molecule has 1 atom stereocenters. The molecule has 3 rings (SSSR count). The minimum atomic E-state index is -0.731. The van der Waals surface area contributed by atoms with E-state index >= 15 is 0 Å². The van der Waals surface area contributed by atoms with Gasteiger partial charge >= 0.3 is 12.1 Å². The molecule has 0 radical (unpaired) electrons. The number of nitro groups is 1. The van der Waals surface area contributed by atoms with Crippen LogP contribution >= 0.6 is 0 Å². The molecular formula is C23H26N2O8. The average Bonchev–Trinajstić information content (AvgIpc) is 3.32. The lowest BCUT2D eigenvalue weighted by atomic mass is 10.2. The van der Waals surface area contributed by atoms with E-state index in [9.17, 15) is 19.7 Å². The Balaban J connectivity index is 1.54. The molecule has 1 unspecified atom stereocenters. The van der Waals surface area contributed by atoms with Gasteiger partial charge in [0.1, 0.15) is 19.3 Å². The van der Waals surface area contributed by atoms with Gasteiger partial charge in [0, 0.05) is 18.7 Å². The summed E-state index contributed by atoms with van der Waals surface area (Å²) in [7, 11) is 1.53. The fourth-order valence-electron chi connectivity index (χ4n) is 3.50. The van der Waals surface area contributed by atoms with Crippen molar-refractivity contribution >= 4 is 17.7 Å². The van der Waals surface area contributed by atoms with Crippen molar-refractivity contribution in [2.45, 2.75) is 39.0 Å². The van der Waals surface area contributed by atoms with Crippen LogP contribution in [0.15, 0.2) is 42.5 Å². The first-order valence-electron chi connectivity index (χ1n) is 10.6. The van der Waals surface area contributed by atoms with Gasteiger partial charge in [0.2, 0.25) is 0 Å². The third-order valence-electron chi connectivity index (χ3n) is 5.18. The second kappa shape index (κ2) is 11.2. The van der Waals surface area contributed by atoms with Gasteiger partial charge in [-0.25, -0.2) is 9.59 Å². The summed E-state index contributed by atoms with van der Waals surface area (Å²) < 4.78 is 21.5. The fraction of sp³-hybridized carbons (Fsp3) is 0.391. The number of rotatable bonds is 9. The average molecular weight is 458 g/mol. The van der Waals surface area contributed by atoms with Gasteiger partial charge < -0.3 is 18.9 Å². The summed E-state index contributed by atoms with van der Waals surface area (Å²) in [6.45, 7) is 2.74. The van der Waals surface area contributed by atoms with Crippen LogP contribution < -0.4 is 9.47 Å². The van der Waals surface area contributed by atoms with Crippen molar-refractivity contribution in [3.63, 3.8) is 0 Å². The molecule has 0 aromatic heterocycles. The quantitative estimate of drug-likeness (QED) is 0.316. The van der Waals surface area contributed by atoms with Crippen LogP contribution in [0.1, 0.15) is 30.9 Å². The Hall–Kier alpha value is -3.82. The van der Waals surface area contributed by atoms with E-state index in [1.54, 1.807) is 18.2 Å². The first-order valence-corrected chi connectivity index (χ1v) is 10.6. The second-order valence-corrected chi connectivity index (χ2v) is 7.36. The maximum absolute atomic E-state index is 12.6. The van der Waals surface area contributed by atoms with E-state index in [-0.39, 0.29) is 18.9 Å². The highest BCUT2D eigenvalue weighted by Crippen LogP contribution is 2.28. The summed E-state index contributed by atoms with van der Waals surface area (Å²) in [6, 6.07) is 10.3. The number of methoxy groups -OCH3 is 1. The van der Waals surface area contributed by atoms with Gasteiger partial charge in [-0.3, -0.25) is 15.0 Å². The van der Waals surface area contributed by atoms with Crippen LogP contribution in [-0.2, 0) is 27.5 Å². The summed E-state index contributed by atoms with van der Waals surface area (Å²) in [5.41, 5.74) is 1.30. The Morgan fingerprint density at radius 3 is 2.42 bits per heavy atom. The number of esters is 1. The number of ether oxygens (including phenoxy) is 4. The standard InChI is InChI=1S/C23H26N2O8/c1-3-31-20-11-8-17(13-21(20)30-2)15-33-23(27)24-12-4-5-19(24)22(26)32-14-16-6-9-18(10-7-16)25(28)29/h6-11,13,19H,3-5,12,14-15H2,1-2H3. The molecule has 2 aromatic carbocycles. The molecule has 10 nitrogen and oxygen atoms in total. The first-order chi connectivity index (χ1) is 15.9. The molecule has 176 valence electrons. The second-order valence-electron chi connectivity index (χ2n) is 7.36. The normalized spacial score (nSPS) is 15.1. The number of amides is 1. The van der Waals surface area contributed by atoms with Crippen molar-refractivity contribution in [1.29, 1.82) is 0 Å². The predicted octanol–water partition coefficient (Wildman–Crippen LogP) is 3.85. The maximum Gasteiger partial charge on any atom is 0.410 e. The molecule has 1 amide bonds. The summed E-state index contributed by atoms with van der Waals surface area (Å²) in [6.07, 6.45) is 0.534. The molecule has 0 spiro atoms. The summed E-state index contributed by atoms with van der Waals surface area (Å²) in [5, 5.41) is 10.7. The molecule has 0 N–H and O–H groups in total. The Kier molecular flexibility index (Phi) is 8.06. The number of hydrogen-bond acceptors (Lipinski definition) is 8. The third-order valence-corrected chi connectivity index (χ3v) is 5.18. The van der Waals surface area contributed by atoms with Gasteiger partial charge in [-0.2, -0.15) is 0 Å². The molecule has 10 heteroatoms. The molecule has 2 aromatic rings. The number of non-ortho nitro benzene ring substituents is 1. The molecule has 1 heterocycles. The zero-order valence-electron chi connectivity index (χ0n) is 18.5. The van der Waals surface area contributed by atoms with E-state index in [1.165, 1.54) is 36.3 Å². The minimum Gasteiger partial charge on any atom is -0.493 e. The highest BCUT2D eigenvalue weighted by Gasteiger charge is 2.36. The molecule has 0 aliphatic carbocycles. The third kappa shape index (κ3) is 6.12. The zero-order chi connectivity index (χ0) is 23.8. The van der Waals surface area contributed by atoms with Gasteiger partial charge in [0.25, 0.3) is 5.69 Å². The van der Waals surface area contributed by atoms with Gasteiger partial charge in [0.05, 0.1) is 18.6 Å². The Morgan fingerprint density at radius 1 is 1.06 bits per heavy atom. The van der Waals surface area contributed by atoms with Gasteiger partial charge in [-0.05, 0) is 55.2 Å². The first kappa shape index (κ1) is 23.8. The lowest BCUT2D eigenvalue weighted by Crippen LogP contribution is -2.41. The smallest absolute Gasteiger partial charge is 0.410 e. The minimum absolute atomic E-state index is 0.0165. The van der Waals surface area contributed by atoms with Crippen LogP contribution in [-0.4, -0.2) is 48.2 Å². The lowest BCUT2D eigenvalue weighted by Gasteiger charge is -2.22. The van der Waals surface area contributed by atoms with Crippen molar-refractivity contribution < 1.29 is 33.5 Å². The SMILES string of the molecule is CCOc1ccc(COC(=O)N2CCCC2C(=O)OCc2ccc([N+](=O)[O-])cc2)cc1OC. The molecule has 1 fully saturated rings. The molecule has 33 heavy (non-hydrogen) atoms. The molecule has 1 saturated heterocycles. The van der Waals surface area contributed by atoms with E-state index in [0.29, 0.717) is 43.1 Å². The molecule has 0 bridgehead atoms. The highest BCUT2D eigenvalue weighted by atomic mass is 16.6. The van der Waals surface area contributed by atoms with Crippen LogP contribution in [0, 0.1) is 10.1 Å². The van der Waals surface area contributed by atoms with Crippen molar-refractivity contribution in [3.8, 4) is 11.5 Å². The largest absolute Gasteiger partial charge is 0.493 e. The number of hydrogen-bond donors (Lipinski definition) is 0. The number of nitrogens with zero attached hydrogens (tertiary/aromatic N) is 2. The summed E-state index contributed by atoms with van der Waals surface area (Å²) in [5.74, 6) is 0.607. The Bertz CT molecular complexity index is 992. The van der Waals surface area contributed by atoms with Crippen molar-refractivity contribution in [3.05, 3.63) is 63.7 Å². The van der Waals surface area contributed by atoms with Crippen LogP contribution in [0.25, 0.3) is 0 Å². The number of nitro benzene ring substituents is 1. The van der Waals surface area contributed by atoms with Crippen LogP contribution in [0.2, 0.25) is 0 Å². The van der Waals surface area contributed by atoms with E-state index in [1.807, 2.05) is 6.92 Å². The monoisotopic (exact) mass is 458 g/mol. The molecule has 0 saturated carbocycles. The van der Waals surface area contributed by atoms with E-state index < -0.39 is 23.0 Å². The van der Waals surface area contributed by atoms with E-state index in [0.717, 1.165) is 5.56 Å². The molecular weight excluding hydrogens is 432 g/mol. The molecule has 1 aliphatic heterocycles. The van der Waals surface area contributed by atoms with Crippen LogP contribution in [0.4, 0.5) is 10.5 Å². The van der Waals surface area contributed by atoms with Crippen molar-refractivity contribution in [2.75, 3.05) is 20.3 Å². The maximum atomic E-state index is 12.6. The zero-order valence-corrected chi connectivity index (χ0v) is 18.5. The fourth-order valence-corrected chi connectivity index (χ4v) is 3.50. The summed E-state index contributed by atoms with van der Waals surface area (Å²) in [4.78, 5) is 36.8. The van der Waals surface area contributed by atoms with Gasteiger partial charge in [-0.15, -0.1) is 0 Å². The van der Waals surface area contributed by atoms with Crippen molar-refractivity contribution in [2.24, 2.45) is 0 Å². The topological polar surface area (TPSA) is 117 Å². The summed E-state index contributed by atoms with van der Waals surface area (Å²) >= 11 is 0. The van der Waals surface area contributed by atoms with E-state index in [4.69, 9.17) is 18.9 Å². The number of carbonyl (C=O) groups is 2. The highest BCUT2D eigenvalue weighted by molar-refractivity contribution is 5.82. The van der Waals surface area contributed by atoms with Gasteiger partial charge in [0.15, 0.2) is 11.5 Å².